The summed E-state index contributed by atoms with van der Waals surface area (Å²) in [5.41, 5.74) is -0.0809. The van der Waals surface area contributed by atoms with Crippen molar-refractivity contribution in [3.63, 3.8) is 0 Å². The van der Waals surface area contributed by atoms with Gasteiger partial charge in [-0.15, -0.1) is 0 Å². The highest BCUT2D eigenvalue weighted by Gasteiger charge is 2.51. The fourth-order valence-electron chi connectivity index (χ4n) is 1.93. The summed E-state index contributed by atoms with van der Waals surface area (Å²) in [6.07, 6.45) is 1.49. The maximum atomic E-state index is 11.7. The van der Waals surface area contributed by atoms with Crippen molar-refractivity contribution in [1.82, 2.24) is 0 Å². The molecule has 1 unspecified atom stereocenters. The molecule has 0 saturated heterocycles. The number of ketones is 1. The summed E-state index contributed by atoms with van der Waals surface area (Å²) in [5.74, 6) is -0.800. The average Bonchev–Trinajstić information content (AvgIpc) is 2.12. The third kappa shape index (κ3) is 2.51. The van der Waals surface area contributed by atoms with Gasteiger partial charge < -0.3 is 4.74 Å². The second kappa shape index (κ2) is 4.12. The average molecular weight is 233 g/mol. The minimum Gasteiger partial charge on any atom is -0.464 e. The number of ether oxygens (including phenoxy) is 1. The quantitative estimate of drug-likeness (QED) is 0.417. The number of hydrogen-bond donors (Lipinski definition) is 0. The van der Waals surface area contributed by atoms with E-state index in [1.807, 2.05) is 13.8 Å². The van der Waals surface area contributed by atoms with Gasteiger partial charge in [-0.3, -0.25) is 4.79 Å². The monoisotopic (exact) mass is 232 g/mol. The molecule has 4 heteroatoms. The van der Waals surface area contributed by atoms with E-state index < -0.39 is 10.8 Å². The summed E-state index contributed by atoms with van der Waals surface area (Å²) < 4.78 is 4.86. The van der Waals surface area contributed by atoms with Crippen molar-refractivity contribution in [2.24, 2.45) is 5.41 Å². The minimum atomic E-state index is -1.45. The lowest BCUT2D eigenvalue weighted by Crippen LogP contribution is -2.49. The van der Waals surface area contributed by atoms with Crippen LogP contribution in [0.3, 0.4) is 0 Å². The summed E-state index contributed by atoms with van der Waals surface area (Å²) >= 11 is 6.12. The van der Waals surface area contributed by atoms with Crippen LogP contribution in [0.25, 0.3) is 0 Å². The van der Waals surface area contributed by atoms with Gasteiger partial charge in [0.2, 0.25) is 0 Å². The van der Waals surface area contributed by atoms with Gasteiger partial charge in [0, 0.05) is 6.42 Å². The van der Waals surface area contributed by atoms with E-state index in [1.54, 1.807) is 6.92 Å². The molecule has 0 N–H and O–H groups in total. The molecule has 0 spiro atoms. The van der Waals surface area contributed by atoms with Crippen LogP contribution in [-0.2, 0) is 14.3 Å². The molecule has 0 aromatic carbocycles. The number of alkyl halides is 1. The highest BCUT2D eigenvalue weighted by molar-refractivity contribution is 6.46. The first-order chi connectivity index (χ1) is 6.82. The predicted molar refractivity (Wildman–Crippen MR) is 57.9 cm³/mol. The molecule has 1 aliphatic carbocycles. The number of rotatable bonds is 2. The van der Waals surface area contributed by atoms with Crippen molar-refractivity contribution < 1.29 is 14.3 Å². The molecule has 1 saturated carbocycles. The van der Waals surface area contributed by atoms with Crippen LogP contribution in [0.5, 0.6) is 0 Å². The van der Waals surface area contributed by atoms with E-state index in [9.17, 15) is 9.59 Å². The Hall–Kier alpha value is -0.570. The van der Waals surface area contributed by atoms with Gasteiger partial charge in [0.25, 0.3) is 0 Å². The van der Waals surface area contributed by atoms with Crippen LogP contribution in [0.2, 0.25) is 0 Å². The second-order valence-corrected chi connectivity index (χ2v) is 5.43. The first kappa shape index (κ1) is 12.5. The fraction of sp³-hybridized carbons (Fsp3) is 0.818. The lowest BCUT2D eigenvalue weighted by Gasteiger charge is -2.37. The number of esters is 1. The predicted octanol–water partition coefficient (Wildman–Crippen LogP) is 2.31. The third-order valence-corrected chi connectivity index (χ3v) is 3.29. The van der Waals surface area contributed by atoms with Gasteiger partial charge in [-0.1, -0.05) is 25.4 Å². The maximum Gasteiger partial charge on any atom is 0.334 e. The molecule has 1 aliphatic rings. The van der Waals surface area contributed by atoms with E-state index in [-0.39, 0.29) is 17.8 Å². The van der Waals surface area contributed by atoms with Gasteiger partial charge in [-0.25, -0.2) is 4.79 Å². The normalized spacial score (nSPS) is 30.0. The Morgan fingerprint density at radius 1 is 1.53 bits per heavy atom. The number of hydrogen-bond acceptors (Lipinski definition) is 3. The molecule has 15 heavy (non-hydrogen) atoms. The molecule has 1 fully saturated rings. The smallest absolute Gasteiger partial charge is 0.334 e. The highest BCUT2D eigenvalue weighted by Crippen LogP contribution is 2.43. The largest absolute Gasteiger partial charge is 0.464 e. The summed E-state index contributed by atoms with van der Waals surface area (Å²) in [6.45, 7) is 5.98. The molecule has 0 aliphatic heterocycles. The molecule has 0 amide bonds. The standard InChI is InChI=1S/C11H17ClO3/c1-4-15-9(14)11(12)7-10(2,3)6-5-8(11)13/h4-7H2,1-3H3. The van der Waals surface area contributed by atoms with E-state index >= 15 is 0 Å². The van der Waals surface area contributed by atoms with Gasteiger partial charge in [-0.05, 0) is 25.2 Å². The number of carbonyl (C=O) groups is 2. The van der Waals surface area contributed by atoms with Gasteiger partial charge in [0.15, 0.2) is 10.7 Å². The molecule has 0 radical (unpaired) electrons. The molecular weight excluding hydrogens is 216 g/mol. The summed E-state index contributed by atoms with van der Waals surface area (Å²) in [5, 5.41) is 0. The van der Waals surface area contributed by atoms with Gasteiger partial charge in [0.05, 0.1) is 6.61 Å². The van der Waals surface area contributed by atoms with Crippen molar-refractivity contribution in [3.05, 3.63) is 0 Å². The molecular formula is C11H17ClO3. The van der Waals surface area contributed by atoms with Crippen LogP contribution in [0, 0.1) is 5.41 Å². The van der Waals surface area contributed by atoms with Gasteiger partial charge in [0.1, 0.15) is 0 Å². The molecule has 86 valence electrons. The lowest BCUT2D eigenvalue weighted by atomic mass is 9.71. The van der Waals surface area contributed by atoms with E-state index in [0.29, 0.717) is 12.8 Å². The van der Waals surface area contributed by atoms with Crippen LogP contribution in [0.15, 0.2) is 0 Å². The maximum absolute atomic E-state index is 11.7. The van der Waals surface area contributed by atoms with E-state index in [4.69, 9.17) is 16.3 Å². The van der Waals surface area contributed by atoms with Crippen LogP contribution in [-0.4, -0.2) is 23.2 Å². The molecule has 1 atom stereocenters. The van der Waals surface area contributed by atoms with Crippen molar-refractivity contribution in [3.8, 4) is 0 Å². The first-order valence-electron chi connectivity index (χ1n) is 5.21. The molecule has 1 rings (SSSR count). The van der Waals surface area contributed by atoms with Crippen molar-refractivity contribution in [1.29, 1.82) is 0 Å². The Morgan fingerprint density at radius 3 is 2.67 bits per heavy atom. The Labute approximate surface area is 95.1 Å². The summed E-state index contributed by atoms with van der Waals surface area (Å²) in [6, 6.07) is 0. The van der Waals surface area contributed by atoms with Crippen molar-refractivity contribution >= 4 is 23.4 Å². The Bertz CT molecular complexity index is 286. The topological polar surface area (TPSA) is 43.4 Å². The Balaban J connectivity index is 2.88. The van der Waals surface area contributed by atoms with Crippen LogP contribution < -0.4 is 0 Å². The molecule has 0 heterocycles. The van der Waals surface area contributed by atoms with Crippen LogP contribution in [0.4, 0.5) is 0 Å². The van der Waals surface area contributed by atoms with Gasteiger partial charge >= 0.3 is 5.97 Å². The van der Waals surface area contributed by atoms with Crippen molar-refractivity contribution in [2.45, 2.75) is 44.9 Å². The highest BCUT2D eigenvalue weighted by atomic mass is 35.5. The zero-order valence-corrected chi connectivity index (χ0v) is 10.2. The molecule has 0 bridgehead atoms. The zero-order chi connectivity index (χ0) is 11.7. The fourth-order valence-corrected chi connectivity index (χ4v) is 2.44. The number of halogens is 1. The molecule has 0 aromatic heterocycles. The minimum absolute atomic E-state index is 0.0809. The van der Waals surface area contributed by atoms with Crippen molar-refractivity contribution in [2.75, 3.05) is 6.61 Å². The number of Topliss-reactive ketones (excluding diaryl/α,β-unsaturated/α-hetero) is 1. The van der Waals surface area contributed by atoms with E-state index in [2.05, 4.69) is 0 Å². The lowest BCUT2D eigenvalue weighted by molar-refractivity contribution is -0.152. The first-order valence-corrected chi connectivity index (χ1v) is 5.59. The Morgan fingerprint density at radius 2 is 2.13 bits per heavy atom. The van der Waals surface area contributed by atoms with Gasteiger partial charge in [-0.2, -0.15) is 0 Å². The van der Waals surface area contributed by atoms with Crippen LogP contribution in [0.1, 0.15) is 40.0 Å². The third-order valence-electron chi connectivity index (χ3n) is 2.79. The summed E-state index contributed by atoms with van der Waals surface area (Å²) in [7, 11) is 0. The second-order valence-electron chi connectivity index (χ2n) is 4.79. The van der Waals surface area contributed by atoms with E-state index in [1.165, 1.54) is 0 Å². The Kier molecular flexibility index (Phi) is 3.44. The zero-order valence-electron chi connectivity index (χ0n) is 9.43. The van der Waals surface area contributed by atoms with Crippen LogP contribution >= 0.6 is 11.6 Å². The molecule has 0 aromatic rings. The summed E-state index contributed by atoms with van der Waals surface area (Å²) in [4.78, 5) is 21.9. The number of carbonyl (C=O) groups excluding carboxylic acids is 2. The van der Waals surface area contributed by atoms with E-state index in [0.717, 1.165) is 6.42 Å². The molecule has 3 nitrogen and oxygen atoms in total. The SMILES string of the molecule is CCOC(=O)C1(Cl)CC(C)(C)CCC1=O.